The quantitative estimate of drug-likeness (QED) is 0.449. The number of methoxy groups -OCH3 is 1. The lowest BCUT2D eigenvalue weighted by atomic mass is 9.65. The van der Waals surface area contributed by atoms with Gasteiger partial charge < -0.3 is 24.7 Å². The summed E-state index contributed by atoms with van der Waals surface area (Å²) in [6.07, 6.45) is 6.85. The van der Waals surface area contributed by atoms with Crippen LogP contribution in [0.1, 0.15) is 69.1 Å². The molecule has 0 saturated heterocycles. The summed E-state index contributed by atoms with van der Waals surface area (Å²) in [5, 5.41) is 22.8. The molecule has 0 heterocycles. The molecule has 2 aromatic rings. The van der Waals surface area contributed by atoms with Crippen LogP contribution in [0.5, 0.6) is 5.75 Å². The minimum Gasteiger partial charge on any atom is -0.497 e. The van der Waals surface area contributed by atoms with Gasteiger partial charge in [-0.15, -0.1) is 0 Å². The molecular formula is C34H54N2O3. The molecule has 2 aromatic carbocycles. The highest BCUT2D eigenvalue weighted by atomic mass is 16.5. The van der Waals surface area contributed by atoms with Gasteiger partial charge in [0.25, 0.3) is 0 Å². The minimum atomic E-state index is -0.727. The Hall–Kier alpha value is -1.92. The van der Waals surface area contributed by atoms with Crippen LogP contribution in [0.2, 0.25) is 0 Å². The molecular weight excluding hydrogens is 484 g/mol. The molecule has 0 amide bonds. The van der Waals surface area contributed by atoms with Gasteiger partial charge in [0, 0.05) is 24.9 Å². The van der Waals surface area contributed by atoms with Crippen molar-refractivity contribution in [3.05, 3.63) is 65.2 Å². The van der Waals surface area contributed by atoms with Crippen molar-refractivity contribution < 1.29 is 14.9 Å². The topological polar surface area (TPSA) is 56.2 Å². The Kier molecular flexibility index (Phi) is 11.0. The molecule has 0 spiro atoms. The summed E-state index contributed by atoms with van der Waals surface area (Å²) in [7, 11) is 10.0. The second kappa shape index (κ2) is 13.6. The Morgan fingerprint density at radius 1 is 0.692 bits per heavy atom. The van der Waals surface area contributed by atoms with Crippen LogP contribution in [0.4, 0.5) is 0 Å². The van der Waals surface area contributed by atoms with Crippen LogP contribution in [0.3, 0.4) is 0 Å². The Morgan fingerprint density at radius 3 is 1.44 bits per heavy atom. The Labute approximate surface area is 238 Å². The summed E-state index contributed by atoms with van der Waals surface area (Å²) in [5.41, 5.74) is 1.97. The van der Waals surface area contributed by atoms with E-state index in [1.165, 1.54) is 18.4 Å². The molecule has 2 aliphatic rings. The first-order valence-corrected chi connectivity index (χ1v) is 14.9. The van der Waals surface area contributed by atoms with E-state index in [0.717, 1.165) is 55.6 Å². The standard InChI is InChI=1S/C17H27NO2.C17H27NO/c1-13-6-5-7-15(12-18(2)3)17(13,19)14-8-10-16(20-4)11-9-14;1-13-8-10-15(11-9-13)17(19)14(2)6-5-7-16(17)12-18(3)4/h8-11,13,15,19H,5-7,12H2,1-4H3;8-11,14,16,19H,5-7,12H2,1-4H3. The fourth-order valence-corrected chi connectivity index (χ4v) is 7.09. The summed E-state index contributed by atoms with van der Waals surface area (Å²) in [6.45, 7) is 8.34. The lowest BCUT2D eigenvalue weighted by Crippen LogP contribution is -2.47. The zero-order valence-corrected chi connectivity index (χ0v) is 25.8. The third kappa shape index (κ3) is 7.24. The van der Waals surface area contributed by atoms with E-state index in [1.807, 2.05) is 24.3 Å². The van der Waals surface area contributed by atoms with Crippen LogP contribution < -0.4 is 4.74 Å². The smallest absolute Gasteiger partial charge is 0.118 e. The molecule has 218 valence electrons. The second-order valence-electron chi connectivity index (χ2n) is 12.8. The predicted molar refractivity (Wildman–Crippen MR) is 162 cm³/mol. The molecule has 2 aliphatic carbocycles. The molecule has 6 unspecified atom stereocenters. The van der Waals surface area contributed by atoms with Crippen LogP contribution in [0, 0.1) is 30.6 Å². The van der Waals surface area contributed by atoms with E-state index >= 15 is 0 Å². The molecule has 2 saturated carbocycles. The summed E-state index contributed by atoms with van der Waals surface area (Å²) < 4.78 is 5.22. The SMILES string of the molecule is COc1ccc(C2(O)C(C)CCCC2CN(C)C)cc1.Cc1ccc(C2(O)C(C)CCCC2CN(C)C)cc1. The zero-order chi connectivity index (χ0) is 28.8. The molecule has 4 rings (SSSR count). The van der Waals surface area contributed by atoms with E-state index in [4.69, 9.17) is 4.74 Å². The monoisotopic (exact) mass is 538 g/mol. The van der Waals surface area contributed by atoms with Gasteiger partial charge in [-0.1, -0.05) is 68.7 Å². The van der Waals surface area contributed by atoms with Gasteiger partial charge in [-0.2, -0.15) is 0 Å². The van der Waals surface area contributed by atoms with Gasteiger partial charge in [0.05, 0.1) is 18.3 Å². The highest BCUT2D eigenvalue weighted by molar-refractivity contribution is 5.32. The lowest BCUT2D eigenvalue weighted by Gasteiger charge is -2.46. The third-order valence-electron chi connectivity index (χ3n) is 9.36. The van der Waals surface area contributed by atoms with Crippen molar-refractivity contribution >= 4 is 0 Å². The first kappa shape index (κ1) is 31.6. The summed E-state index contributed by atoms with van der Waals surface area (Å²) in [5.74, 6) is 2.07. The number of hydrogen-bond donors (Lipinski definition) is 2. The first-order chi connectivity index (χ1) is 18.4. The van der Waals surface area contributed by atoms with E-state index in [9.17, 15) is 10.2 Å². The molecule has 39 heavy (non-hydrogen) atoms. The highest BCUT2D eigenvalue weighted by Gasteiger charge is 2.46. The zero-order valence-electron chi connectivity index (χ0n) is 25.8. The van der Waals surface area contributed by atoms with Crippen molar-refractivity contribution in [3.8, 4) is 5.75 Å². The van der Waals surface area contributed by atoms with Crippen LogP contribution >= 0.6 is 0 Å². The molecule has 5 nitrogen and oxygen atoms in total. The maximum atomic E-state index is 11.4. The van der Waals surface area contributed by atoms with Crippen molar-refractivity contribution in [2.45, 2.75) is 70.5 Å². The molecule has 2 fully saturated rings. The summed E-state index contributed by atoms with van der Waals surface area (Å²) in [6, 6.07) is 16.4. The number of aliphatic hydroxyl groups is 2. The minimum absolute atomic E-state index is 0.287. The van der Waals surface area contributed by atoms with Gasteiger partial charge in [-0.05, 0) is 95.9 Å². The van der Waals surface area contributed by atoms with Crippen LogP contribution in [-0.4, -0.2) is 68.4 Å². The molecule has 5 heteroatoms. The molecule has 2 N–H and O–H groups in total. The van der Waals surface area contributed by atoms with E-state index in [-0.39, 0.29) is 11.8 Å². The molecule has 0 radical (unpaired) electrons. The average Bonchev–Trinajstić information content (AvgIpc) is 2.90. The van der Waals surface area contributed by atoms with Crippen LogP contribution in [-0.2, 0) is 11.2 Å². The van der Waals surface area contributed by atoms with Crippen molar-refractivity contribution in [1.82, 2.24) is 9.80 Å². The second-order valence-corrected chi connectivity index (χ2v) is 12.8. The van der Waals surface area contributed by atoms with Crippen LogP contribution in [0.25, 0.3) is 0 Å². The number of rotatable bonds is 7. The summed E-state index contributed by atoms with van der Waals surface area (Å²) in [4.78, 5) is 4.37. The first-order valence-electron chi connectivity index (χ1n) is 14.9. The van der Waals surface area contributed by atoms with Gasteiger partial charge in [-0.3, -0.25) is 0 Å². The van der Waals surface area contributed by atoms with Gasteiger partial charge >= 0.3 is 0 Å². The highest BCUT2D eigenvalue weighted by Crippen LogP contribution is 2.47. The van der Waals surface area contributed by atoms with Gasteiger partial charge in [0.15, 0.2) is 0 Å². The van der Waals surface area contributed by atoms with E-state index < -0.39 is 11.2 Å². The Bertz CT molecular complexity index is 1010. The molecule has 6 atom stereocenters. The predicted octanol–water partition coefficient (Wildman–Crippen LogP) is 6.06. The van der Waals surface area contributed by atoms with Crippen LogP contribution in [0.15, 0.2) is 48.5 Å². The van der Waals surface area contributed by atoms with Gasteiger partial charge in [0.2, 0.25) is 0 Å². The fourth-order valence-electron chi connectivity index (χ4n) is 7.09. The largest absolute Gasteiger partial charge is 0.497 e. The van der Waals surface area contributed by atoms with Gasteiger partial charge in [-0.25, -0.2) is 0 Å². The Morgan fingerprint density at radius 2 is 1.08 bits per heavy atom. The number of benzene rings is 2. The number of ether oxygens (including phenoxy) is 1. The molecule has 0 aliphatic heterocycles. The van der Waals surface area contributed by atoms with Crippen molar-refractivity contribution in [2.24, 2.45) is 23.7 Å². The number of hydrogen-bond acceptors (Lipinski definition) is 5. The molecule has 0 aromatic heterocycles. The third-order valence-corrected chi connectivity index (χ3v) is 9.36. The van der Waals surface area contributed by atoms with Crippen molar-refractivity contribution in [1.29, 1.82) is 0 Å². The summed E-state index contributed by atoms with van der Waals surface area (Å²) >= 11 is 0. The fraction of sp³-hybridized carbons (Fsp3) is 0.647. The van der Waals surface area contributed by atoms with E-state index in [2.05, 4.69) is 83.0 Å². The van der Waals surface area contributed by atoms with Crippen molar-refractivity contribution in [3.63, 3.8) is 0 Å². The van der Waals surface area contributed by atoms with E-state index in [1.54, 1.807) is 7.11 Å². The maximum absolute atomic E-state index is 11.4. The maximum Gasteiger partial charge on any atom is 0.118 e. The molecule has 0 bridgehead atoms. The number of aryl methyl sites for hydroxylation is 1. The number of nitrogens with zero attached hydrogens (tertiary/aromatic N) is 2. The van der Waals surface area contributed by atoms with Gasteiger partial charge in [0.1, 0.15) is 5.75 Å². The normalized spacial score (nSPS) is 31.1. The van der Waals surface area contributed by atoms with E-state index in [0.29, 0.717) is 11.8 Å². The Balaban J connectivity index is 0.000000216. The average molecular weight is 539 g/mol. The van der Waals surface area contributed by atoms with Crippen molar-refractivity contribution in [2.75, 3.05) is 48.4 Å². The lowest BCUT2D eigenvalue weighted by molar-refractivity contribution is -0.102.